The molecule has 2 aromatic heterocycles. The van der Waals surface area contributed by atoms with Crippen molar-refractivity contribution in [2.75, 3.05) is 43.5 Å². The van der Waals surface area contributed by atoms with Gasteiger partial charge in [-0.2, -0.15) is 10.1 Å². The summed E-state index contributed by atoms with van der Waals surface area (Å²) in [7, 11) is 0. The van der Waals surface area contributed by atoms with E-state index in [4.69, 9.17) is 16.3 Å². The van der Waals surface area contributed by atoms with Crippen molar-refractivity contribution < 1.29 is 9.13 Å². The van der Waals surface area contributed by atoms with Crippen LogP contribution in [0.15, 0.2) is 36.5 Å². The van der Waals surface area contributed by atoms with E-state index in [0.717, 1.165) is 24.3 Å². The Morgan fingerprint density at radius 2 is 2.00 bits per heavy atom. The molecule has 3 heterocycles. The molecule has 1 unspecified atom stereocenters. The van der Waals surface area contributed by atoms with Gasteiger partial charge >= 0.3 is 0 Å². The number of anilines is 3. The number of nitrogens with one attached hydrogen (secondary N) is 3. The Balaban J connectivity index is 1.34. The normalized spacial score (nSPS) is 17.8. The average molecular weight is 458 g/mol. The number of ether oxygens (including phenoxy) is 1. The Bertz CT molecular complexity index is 1050. The molecule has 1 aromatic carbocycles. The molecule has 0 bridgehead atoms. The number of halogens is 2. The van der Waals surface area contributed by atoms with Gasteiger partial charge in [0.05, 0.1) is 25.5 Å². The fraction of sp³-hybridized carbons (Fsp3) is 0.409. The van der Waals surface area contributed by atoms with Gasteiger partial charge in [0, 0.05) is 37.3 Å². The summed E-state index contributed by atoms with van der Waals surface area (Å²) in [5.74, 6) is 1.88. The summed E-state index contributed by atoms with van der Waals surface area (Å²) < 4.78 is 19.0. The van der Waals surface area contributed by atoms with Gasteiger partial charge in [-0.1, -0.05) is 23.7 Å². The van der Waals surface area contributed by atoms with Crippen LogP contribution in [0.1, 0.15) is 36.1 Å². The minimum absolute atomic E-state index is 0.130. The molecule has 2 aliphatic rings. The maximum atomic E-state index is 13.5. The van der Waals surface area contributed by atoms with Gasteiger partial charge in [0.2, 0.25) is 5.95 Å². The zero-order valence-electron chi connectivity index (χ0n) is 17.5. The van der Waals surface area contributed by atoms with Crippen LogP contribution in [0, 0.1) is 5.82 Å². The average Bonchev–Trinajstić information content (AvgIpc) is 3.56. The number of aromatic nitrogens is 4. The van der Waals surface area contributed by atoms with E-state index in [1.807, 2.05) is 6.07 Å². The number of hydrogen-bond donors (Lipinski definition) is 3. The van der Waals surface area contributed by atoms with Crippen LogP contribution in [0.4, 0.5) is 22.0 Å². The van der Waals surface area contributed by atoms with Crippen molar-refractivity contribution in [3.8, 4) is 0 Å². The molecule has 1 aliphatic carbocycles. The molecular weight excluding hydrogens is 433 g/mol. The van der Waals surface area contributed by atoms with E-state index in [1.165, 1.54) is 25.0 Å². The molecule has 2 fully saturated rings. The molecule has 1 saturated heterocycles. The van der Waals surface area contributed by atoms with Crippen LogP contribution in [0.5, 0.6) is 0 Å². The Morgan fingerprint density at radius 1 is 1.22 bits per heavy atom. The highest BCUT2D eigenvalue weighted by Gasteiger charge is 2.26. The SMILES string of the molecule is Fc1ccc(C(CN2CCOCC2)Nc2ncc(Cl)c(Nc3cc(C4CC4)[nH]n3)n2)cc1. The maximum absolute atomic E-state index is 13.5. The van der Waals surface area contributed by atoms with Gasteiger partial charge in [-0.15, -0.1) is 0 Å². The molecule has 1 atom stereocenters. The molecule has 0 amide bonds. The molecule has 8 nitrogen and oxygen atoms in total. The van der Waals surface area contributed by atoms with Crippen LogP contribution in [-0.2, 0) is 4.74 Å². The lowest BCUT2D eigenvalue weighted by atomic mass is 10.1. The van der Waals surface area contributed by atoms with E-state index in [1.54, 1.807) is 18.3 Å². The first-order chi connectivity index (χ1) is 15.6. The quantitative estimate of drug-likeness (QED) is 0.469. The molecule has 1 saturated carbocycles. The smallest absolute Gasteiger partial charge is 0.225 e. The second-order valence-corrected chi connectivity index (χ2v) is 8.57. The van der Waals surface area contributed by atoms with E-state index < -0.39 is 0 Å². The van der Waals surface area contributed by atoms with Gasteiger partial charge in [-0.3, -0.25) is 10.00 Å². The van der Waals surface area contributed by atoms with Gasteiger partial charge < -0.3 is 15.4 Å². The second-order valence-electron chi connectivity index (χ2n) is 8.16. The van der Waals surface area contributed by atoms with Gasteiger partial charge in [0.1, 0.15) is 10.8 Å². The van der Waals surface area contributed by atoms with Gasteiger partial charge in [0.15, 0.2) is 11.6 Å². The van der Waals surface area contributed by atoms with Crippen molar-refractivity contribution in [1.82, 2.24) is 25.1 Å². The Labute approximate surface area is 190 Å². The predicted octanol–water partition coefficient (Wildman–Crippen LogP) is 4.10. The van der Waals surface area contributed by atoms with Crippen LogP contribution >= 0.6 is 11.6 Å². The number of hydrogen-bond acceptors (Lipinski definition) is 7. The van der Waals surface area contributed by atoms with Crippen LogP contribution in [0.3, 0.4) is 0 Å². The van der Waals surface area contributed by atoms with E-state index in [0.29, 0.717) is 48.3 Å². The first-order valence-electron chi connectivity index (χ1n) is 10.8. The summed E-state index contributed by atoms with van der Waals surface area (Å²) >= 11 is 6.34. The van der Waals surface area contributed by atoms with E-state index >= 15 is 0 Å². The topological polar surface area (TPSA) is 91.0 Å². The third kappa shape index (κ3) is 5.17. The zero-order chi connectivity index (χ0) is 21.9. The fourth-order valence-corrected chi connectivity index (χ4v) is 3.92. The molecule has 10 heteroatoms. The summed E-state index contributed by atoms with van der Waals surface area (Å²) in [6.07, 6.45) is 3.94. The fourth-order valence-electron chi connectivity index (χ4n) is 3.78. The van der Waals surface area contributed by atoms with Crippen LogP contribution in [0.25, 0.3) is 0 Å². The highest BCUT2D eigenvalue weighted by molar-refractivity contribution is 6.32. The van der Waals surface area contributed by atoms with E-state index in [9.17, 15) is 4.39 Å². The monoisotopic (exact) mass is 457 g/mol. The van der Waals surface area contributed by atoms with Crippen molar-refractivity contribution >= 4 is 29.2 Å². The molecule has 168 valence electrons. The molecule has 3 N–H and O–H groups in total. The number of benzene rings is 1. The van der Waals surface area contributed by atoms with Crippen molar-refractivity contribution in [3.05, 3.63) is 58.6 Å². The summed E-state index contributed by atoms with van der Waals surface area (Å²) in [6, 6.07) is 8.36. The van der Waals surface area contributed by atoms with Gasteiger partial charge in [-0.25, -0.2) is 9.37 Å². The van der Waals surface area contributed by atoms with Crippen molar-refractivity contribution in [3.63, 3.8) is 0 Å². The number of H-pyrrole nitrogens is 1. The summed E-state index contributed by atoms with van der Waals surface area (Å²) in [4.78, 5) is 11.2. The Morgan fingerprint density at radius 3 is 2.75 bits per heavy atom. The molecule has 32 heavy (non-hydrogen) atoms. The number of rotatable bonds is 8. The van der Waals surface area contributed by atoms with Gasteiger partial charge in [-0.05, 0) is 30.5 Å². The Kier molecular flexibility index (Phi) is 6.20. The molecule has 1 aliphatic heterocycles. The second kappa shape index (κ2) is 9.40. The Hall–Kier alpha value is -2.75. The minimum atomic E-state index is -0.266. The highest BCUT2D eigenvalue weighted by Crippen LogP contribution is 2.39. The summed E-state index contributed by atoms with van der Waals surface area (Å²) in [6.45, 7) is 3.81. The van der Waals surface area contributed by atoms with Crippen molar-refractivity contribution in [1.29, 1.82) is 0 Å². The molecule has 3 aromatic rings. The zero-order valence-corrected chi connectivity index (χ0v) is 18.3. The third-order valence-corrected chi connectivity index (χ3v) is 6.00. The maximum Gasteiger partial charge on any atom is 0.225 e. The molecule has 0 spiro atoms. The summed E-state index contributed by atoms with van der Waals surface area (Å²) in [5, 5.41) is 14.3. The van der Waals surface area contributed by atoms with E-state index in [-0.39, 0.29) is 11.9 Å². The molecule has 0 radical (unpaired) electrons. The van der Waals surface area contributed by atoms with E-state index in [2.05, 4.69) is 35.7 Å². The van der Waals surface area contributed by atoms with Crippen LogP contribution in [0.2, 0.25) is 5.02 Å². The first-order valence-corrected chi connectivity index (χ1v) is 11.2. The number of aromatic amines is 1. The van der Waals surface area contributed by atoms with Crippen molar-refractivity contribution in [2.24, 2.45) is 0 Å². The van der Waals surface area contributed by atoms with Crippen molar-refractivity contribution in [2.45, 2.75) is 24.8 Å². The van der Waals surface area contributed by atoms with Gasteiger partial charge in [0.25, 0.3) is 0 Å². The first kappa shape index (κ1) is 21.1. The standard InChI is InChI=1S/C22H25ClFN7O/c23-17-12-25-22(28-21(17)27-20-11-18(29-30-20)14-1-2-14)26-19(13-31-7-9-32-10-8-31)15-3-5-16(24)6-4-15/h3-6,11-12,14,19H,1-2,7-10,13H2,(H3,25,26,27,28,29,30). The number of nitrogens with zero attached hydrogens (tertiary/aromatic N) is 4. The largest absolute Gasteiger partial charge is 0.379 e. The van der Waals surface area contributed by atoms with Crippen LogP contribution in [-0.4, -0.2) is 57.9 Å². The molecule has 5 rings (SSSR count). The lowest BCUT2D eigenvalue weighted by molar-refractivity contribution is 0.0360. The third-order valence-electron chi connectivity index (χ3n) is 5.73. The lowest BCUT2D eigenvalue weighted by Crippen LogP contribution is -2.40. The summed E-state index contributed by atoms with van der Waals surface area (Å²) in [5.41, 5.74) is 2.07. The molecular formula is C22H25ClFN7O. The highest BCUT2D eigenvalue weighted by atomic mass is 35.5. The van der Waals surface area contributed by atoms with Crippen LogP contribution < -0.4 is 10.6 Å². The number of morpholine rings is 1. The minimum Gasteiger partial charge on any atom is -0.379 e. The predicted molar refractivity (Wildman–Crippen MR) is 121 cm³/mol. The lowest BCUT2D eigenvalue weighted by Gasteiger charge is -2.31.